The lowest BCUT2D eigenvalue weighted by molar-refractivity contribution is -0.113. The van der Waals surface area contributed by atoms with E-state index >= 15 is 0 Å². The molecule has 2 aromatic carbocycles. The number of nitrogens with zero attached hydrogens (tertiary/aromatic N) is 4. The predicted molar refractivity (Wildman–Crippen MR) is 144 cm³/mol. The second-order valence-electron chi connectivity index (χ2n) is 7.87. The van der Waals surface area contributed by atoms with Crippen LogP contribution >= 0.6 is 23.1 Å². The van der Waals surface area contributed by atoms with E-state index in [4.69, 9.17) is 9.47 Å². The molecule has 0 bridgehead atoms. The van der Waals surface area contributed by atoms with E-state index in [-0.39, 0.29) is 18.3 Å². The third kappa shape index (κ3) is 6.13. The number of rotatable bonds is 11. The van der Waals surface area contributed by atoms with E-state index in [1.54, 1.807) is 13.2 Å². The molecule has 0 aliphatic rings. The van der Waals surface area contributed by atoms with Gasteiger partial charge < -0.3 is 14.8 Å². The molecule has 0 aliphatic carbocycles. The number of anilines is 1. The number of carbonyl (C=O) groups is 1. The van der Waals surface area contributed by atoms with Gasteiger partial charge in [0.1, 0.15) is 6.61 Å². The number of hydrogen-bond acceptors (Lipinski definition) is 8. The molecule has 1 amide bonds. The first-order valence-electron chi connectivity index (χ1n) is 11.2. The number of allylic oxidation sites excluding steroid dienone is 1. The number of thioether (sulfide) groups is 1. The van der Waals surface area contributed by atoms with Gasteiger partial charge in [-0.2, -0.15) is 0 Å². The Labute approximate surface area is 218 Å². The van der Waals surface area contributed by atoms with E-state index in [1.807, 2.05) is 66.9 Å². The summed E-state index contributed by atoms with van der Waals surface area (Å²) in [6, 6.07) is 15.7. The van der Waals surface area contributed by atoms with E-state index in [0.29, 0.717) is 34.2 Å². The van der Waals surface area contributed by atoms with E-state index in [1.165, 1.54) is 23.1 Å². The SMILES string of the molecule is C=CCn1c(COc2ccc(C)cc2OC)nnc1SCC(=O)Nc1nc(-c2ccccc2)c(C)s1. The molecule has 8 nitrogen and oxygen atoms in total. The zero-order chi connectivity index (χ0) is 25.5. The lowest BCUT2D eigenvalue weighted by Crippen LogP contribution is -2.15. The third-order valence-electron chi connectivity index (χ3n) is 5.20. The molecular weight excluding hydrogens is 494 g/mol. The van der Waals surface area contributed by atoms with Crippen LogP contribution in [0.5, 0.6) is 11.5 Å². The normalized spacial score (nSPS) is 10.8. The van der Waals surface area contributed by atoms with Crippen molar-refractivity contribution < 1.29 is 14.3 Å². The number of thiazole rings is 1. The number of amides is 1. The highest BCUT2D eigenvalue weighted by molar-refractivity contribution is 7.99. The summed E-state index contributed by atoms with van der Waals surface area (Å²) in [5, 5.41) is 12.6. The van der Waals surface area contributed by atoms with Crippen LogP contribution in [0.2, 0.25) is 0 Å². The molecule has 4 aromatic rings. The van der Waals surface area contributed by atoms with Crippen molar-refractivity contribution in [2.24, 2.45) is 0 Å². The number of ether oxygens (including phenoxy) is 2. The Bertz CT molecular complexity index is 1350. The molecule has 4 rings (SSSR count). The van der Waals surface area contributed by atoms with E-state index < -0.39 is 0 Å². The van der Waals surface area contributed by atoms with Gasteiger partial charge in [0.05, 0.1) is 18.6 Å². The first kappa shape index (κ1) is 25.5. The van der Waals surface area contributed by atoms with Gasteiger partial charge in [0.15, 0.2) is 27.6 Å². The number of hydrogen-bond donors (Lipinski definition) is 1. The summed E-state index contributed by atoms with van der Waals surface area (Å²) < 4.78 is 13.2. The molecule has 10 heteroatoms. The number of methoxy groups -OCH3 is 1. The van der Waals surface area contributed by atoms with Crippen molar-refractivity contribution in [1.82, 2.24) is 19.7 Å². The van der Waals surface area contributed by atoms with E-state index in [2.05, 4.69) is 27.1 Å². The minimum atomic E-state index is -0.163. The number of benzene rings is 2. The van der Waals surface area contributed by atoms with Gasteiger partial charge in [0, 0.05) is 17.0 Å². The van der Waals surface area contributed by atoms with Crippen LogP contribution in [0.1, 0.15) is 16.3 Å². The average molecular weight is 522 g/mol. The molecule has 2 heterocycles. The minimum Gasteiger partial charge on any atom is -0.493 e. The van der Waals surface area contributed by atoms with Gasteiger partial charge in [-0.15, -0.1) is 28.1 Å². The molecule has 2 aromatic heterocycles. The Balaban J connectivity index is 1.39. The van der Waals surface area contributed by atoms with Gasteiger partial charge in [0.25, 0.3) is 0 Å². The van der Waals surface area contributed by atoms with Crippen molar-refractivity contribution in [3.8, 4) is 22.8 Å². The fraction of sp³-hybridized carbons (Fsp3) is 0.231. The van der Waals surface area contributed by atoms with Crippen LogP contribution in [-0.2, 0) is 17.9 Å². The van der Waals surface area contributed by atoms with Crippen LogP contribution in [-0.4, -0.2) is 38.5 Å². The van der Waals surface area contributed by atoms with Crippen molar-refractivity contribution in [3.05, 3.63) is 77.5 Å². The third-order valence-corrected chi connectivity index (χ3v) is 7.06. The van der Waals surface area contributed by atoms with Gasteiger partial charge in [0.2, 0.25) is 5.91 Å². The Hall–Kier alpha value is -3.63. The lowest BCUT2D eigenvalue weighted by Gasteiger charge is -2.12. The van der Waals surface area contributed by atoms with Crippen molar-refractivity contribution in [1.29, 1.82) is 0 Å². The van der Waals surface area contributed by atoms with Gasteiger partial charge in [-0.1, -0.05) is 54.2 Å². The monoisotopic (exact) mass is 521 g/mol. The fourth-order valence-electron chi connectivity index (χ4n) is 3.48. The second kappa shape index (κ2) is 11.9. The maximum absolute atomic E-state index is 12.6. The molecule has 0 unspecified atom stereocenters. The first-order chi connectivity index (χ1) is 17.5. The topological polar surface area (TPSA) is 91.2 Å². The zero-order valence-electron chi connectivity index (χ0n) is 20.4. The predicted octanol–water partition coefficient (Wildman–Crippen LogP) is 5.52. The second-order valence-corrected chi connectivity index (χ2v) is 10.0. The Morgan fingerprint density at radius 1 is 1.17 bits per heavy atom. The van der Waals surface area contributed by atoms with Crippen LogP contribution in [0.15, 0.2) is 66.3 Å². The van der Waals surface area contributed by atoms with Crippen LogP contribution in [0, 0.1) is 13.8 Å². The highest BCUT2D eigenvalue weighted by Gasteiger charge is 2.17. The first-order valence-corrected chi connectivity index (χ1v) is 13.0. The highest BCUT2D eigenvalue weighted by Crippen LogP contribution is 2.31. The van der Waals surface area contributed by atoms with Crippen molar-refractivity contribution in [2.75, 3.05) is 18.2 Å². The Kier molecular flexibility index (Phi) is 8.40. The standard InChI is InChI=1S/C26H27N5O3S2/c1-5-13-31-22(15-34-20-12-11-17(2)14-21(20)33-4)29-30-26(31)35-16-23(32)27-25-28-24(18(3)36-25)19-9-7-6-8-10-19/h5-12,14H,1,13,15-16H2,2-4H3,(H,27,28,32). The highest BCUT2D eigenvalue weighted by atomic mass is 32.2. The summed E-state index contributed by atoms with van der Waals surface area (Å²) >= 11 is 2.76. The molecule has 0 radical (unpaired) electrons. The number of nitrogens with one attached hydrogen (secondary N) is 1. The summed E-state index contributed by atoms with van der Waals surface area (Å²) in [5.74, 6) is 1.91. The van der Waals surface area contributed by atoms with Crippen LogP contribution < -0.4 is 14.8 Å². The quantitative estimate of drug-likeness (QED) is 0.205. The minimum absolute atomic E-state index is 0.163. The van der Waals surface area contributed by atoms with Crippen LogP contribution in [0.3, 0.4) is 0 Å². The molecule has 0 aliphatic heterocycles. The van der Waals surface area contributed by atoms with Gasteiger partial charge in [-0.25, -0.2) is 4.98 Å². The maximum Gasteiger partial charge on any atom is 0.236 e. The molecule has 36 heavy (non-hydrogen) atoms. The molecule has 0 saturated heterocycles. The number of aryl methyl sites for hydroxylation is 2. The number of carbonyl (C=O) groups excluding carboxylic acids is 1. The summed E-state index contributed by atoms with van der Waals surface area (Å²) in [7, 11) is 1.61. The van der Waals surface area contributed by atoms with Crippen LogP contribution in [0.4, 0.5) is 5.13 Å². The van der Waals surface area contributed by atoms with Gasteiger partial charge in [-0.05, 0) is 31.5 Å². The molecule has 186 valence electrons. The van der Waals surface area contributed by atoms with Gasteiger partial charge in [-0.3, -0.25) is 9.36 Å². The van der Waals surface area contributed by atoms with E-state index in [9.17, 15) is 4.79 Å². The summed E-state index contributed by atoms with van der Waals surface area (Å²) in [6.45, 7) is 8.51. The summed E-state index contributed by atoms with van der Waals surface area (Å²) in [5.41, 5.74) is 2.98. The van der Waals surface area contributed by atoms with Crippen molar-refractivity contribution >= 4 is 34.1 Å². The molecule has 0 spiro atoms. The smallest absolute Gasteiger partial charge is 0.236 e. The summed E-state index contributed by atoms with van der Waals surface area (Å²) in [6.07, 6.45) is 1.76. The van der Waals surface area contributed by atoms with Gasteiger partial charge >= 0.3 is 0 Å². The fourth-order valence-corrected chi connectivity index (χ4v) is 5.10. The lowest BCUT2D eigenvalue weighted by atomic mass is 10.1. The molecular formula is C26H27N5O3S2. The molecule has 0 atom stereocenters. The van der Waals surface area contributed by atoms with Crippen molar-refractivity contribution in [3.63, 3.8) is 0 Å². The molecule has 0 saturated carbocycles. The Morgan fingerprint density at radius 3 is 2.72 bits per heavy atom. The molecule has 1 N–H and O–H groups in total. The van der Waals surface area contributed by atoms with E-state index in [0.717, 1.165) is 21.7 Å². The van der Waals surface area contributed by atoms with Crippen LogP contribution in [0.25, 0.3) is 11.3 Å². The largest absolute Gasteiger partial charge is 0.493 e. The Morgan fingerprint density at radius 2 is 1.97 bits per heavy atom. The average Bonchev–Trinajstić information content (AvgIpc) is 3.44. The zero-order valence-corrected chi connectivity index (χ0v) is 22.0. The summed E-state index contributed by atoms with van der Waals surface area (Å²) in [4.78, 5) is 18.3. The molecule has 0 fully saturated rings. The maximum atomic E-state index is 12.6. The van der Waals surface area contributed by atoms with Crippen molar-refractivity contribution in [2.45, 2.75) is 32.2 Å². The number of aromatic nitrogens is 4.